The zero-order valence-corrected chi connectivity index (χ0v) is 12.8. The lowest BCUT2D eigenvalue weighted by molar-refractivity contribution is 1.12. The van der Waals surface area contributed by atoms with Gasteiger partial charge in [-0.3, -0.25) is 0 Å². The number of rotatable bonds is 3. The van der Waals surface area contributed by atoms with Gasteiger partial charge in [-0.15, -0.1) is 22.7 Å². The van der Waals surface area contributed by atoms with E-state index in [1.165, 1.54) is 10.3 Å². The second kappa shape index (κ2) is 5.39. The highest BCUT2D eigenvalue weighted by molar-refractivity contribution is 7.18. The maximum Gasteiger partial charge on any atom is 0.101 e. The molecule has 2 nitrogen and oxygen atoms in total. The summed E-state index contributed by atoms with van der Waals surface area (Å²) in [6.45, 7) is 0. The highest BCUT2D eigenvalue weighted by atomic mass is 32.1. The van der Waals surface area contributed by atoms with Crippen molar-refractivity contribution < 1.29 is 0 Å². The van der Waals surface area contributed by atoms with Crippen LogP contribution in [-0.4, -0.2) is 9.97 Å². The van der Waals surface area contributed by atoms with Crippen molar-refractivity contribution in [2.24, 2.45) is 0 Å². The molecule has 0 saturated heterocycles. The molecule has 0 aliphatic heterocycles. The van der Waals surface area contributed by atoms with Crippen molar-refractivity contribution >= 4 is 32.9 Å². The standard InChI is InChI=1S/C17H12N2S2/c1-2-6-12(7-3-1)14-11-20-16(19-14)10-17-18-13-8-4-5-9-15(13)21-17/h1-9,11H,10H2. The van der Waals surface area contributed by atoms with Crippen LogP contribution in [0.3, 0.4) is 0 Å². The summed E-state index contributed by atoms with van der Waals surface area (Å²) in [5.41, 5.74) is 3.30. The molecule has 4 aromatic rings. The van der Waals surface area contributed by atoms with E-state index < -0.39 is 0 Å². The van der Waals surface area contributed by atoms with Crippen LogP contribution in [0.1, 0.15) is 10.0 Å². The van der Waals surface area contributed by atoms with Crippen molar-refractivity contribution in [1.29, 1.82) is 0 Å². The van der Waals surface area contributed by atoms with Gasteiger partial charge in [-0.2, -0.15) is 0 Å². The van der Waals surface area contributed by atoms with Gasteiger partial charge in [-0.25, -0.2) is 9.97 Å². The van der Waals surface area contributed by atoms with Crippen LogP contribution in [0.2, 0.25) is 0 Å². The molecule has 0 aliphatic carbocycles. The Morgan fingerprint density at radius 3 is 2.48 bits per heavy atom. The first-order valence-corrected chi connectivity index (χ1v) is 8.42. The van der Waals surface area contributed by atoms with E-state index in [1.807, 2.05) is 24.3 Å². The van der Waals surface area contributed by atoms with Crippen molar-refractivity contribution in [3.63, 3.8) is 0 Å². The Hall–Kier alpha value is -2.04. The first kappa shape index (κ1) is 12.7. The molecule has 0 radical (unpaired) electrons. The van der Waals surface area contributed by atoms with Crippen molar-refractivity contribution in [3.05, 3.63) is 70.0 Å². The fraction of sp³-hybridized carbons (Fsp3) is 0.0588. The van der Waals surface area contributed by atoms with E-state index in [4.69, 9.17) is 4.98 Å². The molecular weight excluding hydrogens is 296 g/mol. The quantitative estimate of drug-likeness (QED) is 0.531. The number of fused-ring (bicyclic) bond motifs is 1. The van der Waals surface area contributed by atoms with E-state index in [-0.39, 0.29) is 0 Å². The smallest absolute Gasteiger partial charge is 0.101 e. The number of para-hydroxylation sites is 1. The van der Waals surface area contributed by atoms with Gasteiger partial charge in [0.2, 0.25) is 0 Å². The zero-order valence-electron chi connectivity index (χ0n) is 11.2. The molecule has 0 aliphatic rings. The van der Waals surface area contributed by atoms with Gasteiger partial charge in [0, 0.05) is 10.9 Å². The fourth-order valence-corrected chi connectivity index (χ4v) is 4.13. The Labute approximate surface area is 130 Å². The van der Waals surface area contributed by atoms with Gasteiger partial charge in [0.15, 0.2) is 0 Å². The Bertz CT molecular complexity index is 845. The average molecular weight is 308 g/mol. The molecule has 0 amide bonds. The number of hydrogen-bond donors (Lipinski definition) is 0. The van der Waals surface area contributed by atoms with Crippen molar-refractivity contribution in [3.8, 4) is 11.3 Å². The van der Waals surface area contributed by atoms with Gasteiger partial charge in [0.05, 0.1) is 22.3 Å². The first-order chi connectivity index (χ1) is 10.4. The largest absolute Gasteiger partial charge is 0.241 e. The molecule has 4 rings (SSSR count). The summed E-state index contributed by atoms with van der Waals surface area (Å²) in [7, 11) is 0. The predicted octanol–water partition coefficient (Wildman–Crippen LogP) is 5.01. The van der Waals surface area contributed by atoms with Crippen LogP contribution in [0.4, 0.5) is 0 Å². The van der Waals surface area contributed by atoms with Gasteiger partial charge in [-0.05, 0) is 12.1 Å². The van der Waals surface area contributed by atoms with Gasteiger partial charge in [-0.1, -0.05) is 42.5 Å². The third-order valence-corrected chi connectivity index (χ3v) is 5.15. The average Bonchev–Trinajstić information content (AvgIpc) is 3.14. The molecule has 0 spiro atoms. The normalized spacial score (nSPS) is 11.0. The Kier molecular flexibility index (Phi) is 3.25. The van der Waals surface area contributed by atoms with Gasteiger partial charge >= 0.3 is 0 Å². The van der Waals surface area contributed by atoms with Crippen LogP contribution < -0.4 is 0 Å². The van der Waals surface area contributed by atoms with E-state index in [0.29, 0.717) is 0 Å². The topological polar surface area (TPSA) is 25.8 Å². The van der Waals surface area contributed by atoms with Crippen LogP contribution in [-0.2, 0) is 6.42 Å². The van der Waals surface area contributed by atoms with Crippen molar-refractivity contribution in [2.45, 2.75) is 6.42 Å². The monoisotopic (exact) mass is 308 g/mol. The molecule has 0 fully saturated rings. The second-order valence-electron chi connectivity index (χ2n) is 4.74. The van der Waals surface area contributed by atoms with Crippen LogP contribution in [0.15, 0.2) is 60.0 Å². The lowest BCUT2D eigenvalue weighted by Gasteiger charge is -1.94. The highest BCUT2D eigenvalue weighted by Crippen LogP contribution is 2.27. The van der Waals surface area contributed by atoms with E-state index in [2.05, 4.69) is 40.7 Å². The molecule has 102 valence electrons. The molecule has 21 heavy (non-hydrogen) atoms. The molecule has 2 aromatic heterocycles. The van der Waals surface area contributed by atoms with E-state index in [0.717, 1.165) is 27.6 Å². The maximum atomic E-state index is 4.73. The summed E-state index contributed by atoms with van der Waals surface area (Å²) in [6, 6.07) is 18.6. The molecule has 2 heterocycles. The van der Waals surface area contributed by atoms with E-state index >= 15 is 0 Å². The van der Waals surface area contributed by atoms with Crippen LogP contribution in [0, 0.1) is 0 Å². The van der Waals surface area contributed by atoms with Crippen LogP contribution >= 0.6 is 22.7 Å². The predicted molar refractivity (Wildman–Crippen MR) is 90.0 cm³/mol. The summed E-state index contributed by atoms with van der Waals surface area (Å²) >= 11 is 3.46. The third kappa shape index (κ3) is 2.60. The summed E-state index contributed by atoms with van der Waals surface area (Å²) in [4.78, 5) is 9.41. The molecular formula is C17H12N2S2. The molecule has 0 bridgehead atoms. The molecule has 0 saturated carbocycles. The molecule has 0 unspecified atom stereocenters. The Morgan fingerprint density at radius 1 is 0.810 bits per heavy atom. The third-order valence-electron chi connectivity index (χ3n) is 3.26. The van der Waals surface area contributed by atoms with E-state index in [9.17, 15) is 0 Å². The summed E-state index contributed by atoms with van der Waals surface area (Å²) in [5, 5.41) is 4.37. The molecule has 4 heteroatoms. The molecule has 2 aromatic carbocycles. The lowest BCUT2D eigenvalue weighted by Crippen LogP contribution is -1.86. The zero-order chi connectivity index (χ0) is 14.1. The highest BCUT2D eigenvalue weighted by Gasteiger charge is 2.08. The Balaban J connectivity index is 1.61. The summed E-state index contributed by atoms with van der Waals surface area (Å²) in [6.07, 6.45) is 0.816. The number of benzene rings is 2. The summed E-state index contributed by atoms with van der Waals surface area (Å²) < 4.78 is 1.24. The molecule has 0 atom stereocenters. The van der Waals surface area contributed by atoms with Crippen LogP contribution in [0.5, 0.6) is 0 Å². The number of nitrogens with zero attached hydrogens (tertiary/aromatic N) is 2. The maximum absolute atomic E-state index is 4.73. The number of hydrogen-bond acceptors (Lipinski definition) is 4. The van der Waals surface area contributed by atoms with Gasteiger partial charge in [0.25, 0.3) is 0 Å². The minimum atomic E-state index is 0.816. The van der Waals surface area contributed by atoms with Gasteiger partial charge < -0.3 is 0 Å². The van der Waals surface area contributed by atoms with Crippen molar-refractivity contribution in [1.82, 2.24) is 9.97 Å². The van der Waals surface area contributed by atoms with Crippen molar-refractivity contribution in [2.75, 3.05) is 0 Å². The van der Waals surface area contributed by atoms with E-state index in [1.54, 1.807) is 22.7 Å². The molecule has 0 N–H and O–H groups in total. The Morgan fingerprint density at radius 2 is 1.62 bits per heavy atom. The summed E-state index contributed by atoms with van der Waals surface area (Å²) in [5.74, 6) is 0. The van der Waals surface area contributed by atoms with Gasteiger partial charge in [0.1, 0.15) is 10.0 Å². The van der Waals surface area contributed by atoms with Crippen LogP contribution in [0.25, 0.3) is 21.5 Å². The second-order valence-corrected chi connectivity index (χ2v) is 6.80. The first-order valence-electron chi connectivity index (χ1n) is 6.73. The number of aromatic nitrogens is 2. The number of thiazole rings is 2. The minimum absolute atomic E-state index is 0.816. The lowest BCUT2D eigenvalue weighted by atomic mass is 10.2. The SMILES string of the molecule is c1ccc(-c2csc(Cc3nc4ccccc4s3)n2)cc1. The minimum Gasteiger partial charge on any atom is -0.241 e. The fourth-order valence-electron chi connectivity index (χ4n) is 2.26.